The molecule has 1 aliphatic heterocycles. The molecular formula is C11H21NO. The van der Waals surface area contributed by atoms with Gasteiger partial charge in [-0.3, -0.25) is 0 Å². The van der Waals surface area contributed by atoms with Gasteiger partial charge in [-0.25, -0.2) is 0 Å². The van der Waals surface area contributed by atoms with Gasteiger partial charge in [0.1, 0.15) is 0 Å². The lowest BCUT2D eigenvalue weighted by molar-refractivity contribution is -0.00616. The summed E-state index contributed by atoms with van der Waals surface area (Å²) in [6, 6.07) is 0. The van der Waals surface area contributed by atoms with E-state index in [0.717, 1.165) is 19.1 Å². The molecule has 0 spiro atoms. The molecule has 0 aromatic rings. The molecule has 2 nitrogen and oxygen atoms in total. The highest BCUT2D eigenvalue weighted by molar-refractivity contribution is 5.08. The van der Waals surface area contributed by atoms with Crippen molar-refractivity contribution in [3.63, 3.8) is 0 Å². The molecule has 0 aromatic carbocycles. The van der Waals surface area contributed by atoms with E-state index >= 15 is 0 Å². The zero-order valence-electron chi connectivity index (χ0n) is 8.75. The van der Waals surface area contributed by atoms with E-state index in [0.29, 0.717) is 17.4 Å². The average Bonchev–Trinajstić information content (AvgIpc) is 2.69. The molecule has 2 N–H and O–H groups in total. The Morgan fingerprint density at radius 3 is 2.62 bits per heavy atom. The first-order valence-corrected chi connectivity index (χ1v) is 5.49. The zero-order chi connectivity index (χ0) is 9.47. The molecular weight excluding hydrogens is 162 g/mol. The molecule has 3 atom stereocenters. The average molecular weight is 183 g/mol. The molecule has 2 heteroatoms. The molecule has 76 valence electrons. The van der Waals surface area contributed by atoms with Crippen molar-refractivity contribution in [3.05, 3.63) is 0 Å². The summed E-state index contributed by atoms with van der Waals surface area (Å²) in [5.41, 5.74) is 6.19. The van der Waals surface area contributed by atoms with Crippen LogP contribution in [0.25, 0.3) is 0 Å². The van der Waals surface area contributed by atoms with Crippen molar-refractivity contribution in [2.45, 2.75) is 39.2 Å². The van der Waals surface area contributed by atoms with E-state index < -0.39 is 0 Å². The Morgan fingerprint density at radius 1 is 1.38 bits per heavy atom. The van der Waals surface area contributed by atoms with Crippen molar-refractivity contribution >= 4 is 0 Å². The van der Waals surface area contributed by atoms with Crippen LogP contribution in [0, 0.1) is 17.3 Å². The van der Waals surface area contributed by atoms with Crippen LogP contribution in [-0.2, 0) is 4.74 Å². The van der Waals surface area contributed by atoms with Gasteiger partial charge in [-0.05, 0) is 43.1 Å². The van der Waals surface area contributed by atoms with E-state index in [1.165, 1.54) is 19.3 Å². The Kier molecular flexibility index (Phi) is 2.37. The van der Waals surface area contributed by atoms with Crippen LogP contribution in [0.4, 0.5) is 0 Å². The Hall–Kier alpha value is -0.0800. The summed E-state index contributed by atoms with van der Waals surface area (Å²) in [7, 11) is 0. The van der Waals surface area contributed by atoms with Crippen LogP contribution < -0.4 is 5.73 Å². The van der Waals surface area contributed by atoms with E-state index in [9.17, 15) is 0 Å². The van der Waals surface area contributed by atoms with Gasteiger partial charge >= 0.3 is 0 Å². The molecule has 2 fully saturated rings. The van der Waals surface area contributed by atoms with Crippen LogP contribution in [0.1, 0.15) is 33.1 Å². The summed E-state index contributed by atoms with van der Waals surface area (Å²) in [4.78, 5) is 0. The van der Waals surface area contributed by atoms with E-state index in [1.807, 2.05) is 0 Å². The Morgan fingerprint density at radius 2 is 2.15 bits per heavy atom. The number of hydrogen-bond donors (Lipinski definition) is 1. The highest BCUT2D eigenvalue weighted by atomic mass is 16.5. The molecule has 2 rings (SSSR count). The van der Waals surface area contributed by atoms with Crippen molar-refractivity contribution in [1.29, 1.82) is 0 Å². The van der Waals surface area contributed by atoms with Crippen molar-refractivity contribution < 1.29 is 4.74 Å². The van der Waals surface area contributed by atoms with Gasteiger partial charge in [-0.2, -0.15) is 0 Å². The van der Waals surface area contributed by atoms with Crippen LogP contribution in [0.2, 0.25) is 0 Å². The lowest BCUT2D eigenvalue weighted by atomic mass is 10.00. The second-order valence-corrected chi connectivity index (χ2v) is 5.09. The summed E-state index contributed by atoms with van der Waals surface area (Å²) in [5.74, 6) is 1.44. The van der Waals surface area contributed by atoms with Gasteiger partial charge in [0, 0.05) is 6.61 Å². The Balaban J connectivity index is 1.94. The quantitative estimate of drug-likeness (QED) is 0.708. The minimum absolute atomic E-state index is 0.441. The molecule has 2 aliphatic rings. The molecule has 1 heterocycles. The van der Waals surface area contributed by atoms with Crippen LogP contribution in [0.3, 0.4) is 0 Å². The lowest BCUT2D eigenvalue weighted by Gasteiger charge is -2.23. The second kappa shape index (κ2) is 3.25. The predicted molar refractivity (Wildman–Crippen MR) is 53.4 cm³/mol. The summed E-state index contributed by atoms with van der Waals surface area (Å²) in [6.07, 6.45) is 4.35. The molecule has 3 unspecified atom stereocenters. The topological polar surface area (TPSA) is 35.2 Å². The molecule has 1 saturated heterocycles. The van der Waals surface area contributed by atoms with E-state index in [-0.39, 0.29) is 0 Å². The van der Waals surface area contributed by atoms with Gasteiger partial charge in [0.05, 0.1) is 6.10 Å². The maximum Gasteiger partial charge on any atom is 0.0611 e. The van der Waals surface area contributed by atoms with Crippen molar-refractivity contribution in [2.24, 2.45) is 23.0 Å². The third-order valence-electron chi connectivity index (χ3n) is 4.01. The van der Waals surface area contributed by atoms with Gasteiger partial charge in [0.15, 0.2) is 0 Å². The maximum atomic E-state index is 5.81. The monoisotopic (exact) mass is 183 g/mol. The van der Waals surface area contributed by atoms with E-state index in [4.69, 9.17) is 10.5 Å². The van der Waals surface area contributed by atoms with Crippen molar-refractivity contribution in [3.8, 4) is 0 Å². The second-order valence-electron chi connectivity index (χ2n) is 5.09. The largest absolute Gasteiger partial charge is 0.378 e. The maximum absolute atomic E-state index is 5.81. The minimum atomic E-state index is 0.441. The van der Waals surface area contributed by atoms with Crippen molar-refractivity contribution in [2.75, 3.05) is 13.2 Å². The molecule has 13 heavy (non-hydrogen) atoms. The molecule has 0 amide bonds. The van der Waals surface area contributed by atoms with E-state index in [2.05, 4.69) is 13.8 Å². The van der Waals surface area contributed by atoms with E-state index in [1.54, 1.807) is 0 Å². The summed E-state index contributed by atoms with van der Waals surface area (Å²) in [6.45, 7) is 6.45. The number of rotatable bonds is 2. The molecule has 1 aliphatic carbocycles. The fourth-order valence-corrected chi connectivity index (χ4v) is 3.02. The number of hydrogen-bond acceptors (Lipinski definition) is 2. The fourth-order valence-electron chi connectivity index (χ4n) is 3.02. The summed E-state index contributed by atoms with van der Waals surface area (Å²) >= 11 is 0. The summed E-state index contributed by atoms with van der Waals surface area (Å²) < 4.78 is 5.81. The van der Waals surface area contributed by atoms with Crippen LogP contribution in [0.5, 0.6) is 0 Å². The summed E-state index contributed by atoms with van der Waals surface area (Å²) in [5, 5.41) is 0. The Labute approximate surface area is 80.8 Å². The highest BCUT2D eigenvalue weighted by Gasteiger charge is 2.60. The smallest absolute Gasteiger partial charge is 0.0611 e. The predicted octanol–water partition coefficient (Wildman–Crippen LogP) is 1.79. The molecule has 0 aromatic heterocycles. The first kappa shape index (κ1) is 9.47. The first-order chi connectivity index (χ1) is 6.18. The number of nitrogens with two attached hydrogens (primary N) is 1. The SMILES string of the molecule is CC1(C)C(CN)C1C1CCCCO1. The van der Waals surface area contributed by atoms with Gasteiger partial charge in [0.25, 0.3) is 0 Å². The lowest BCUT2D eigenvalue weighted by Crippen LogP contribution is -2.23. The van der Waals surface area contributed by atoms with Gasteiger partial charge in [-0.1, -0.05) is 13.8 Å². The molecule has 0 bridgehead atoms. The van der Waals surface area contributed by atoms with Gasteiger partial charge in [-0.15, -0.1) is 0 Å². The Bertz CT molecular complexity index is 185. The van der Waals surface area contributed by atoms with Crippen LogP contribution in [0.15, 0.2) is 0 Å². The zero-order valence-corrected chi connectivity index (χ0v) is 8.75. The van der Waals surface area contributed by atoms with Gasteiger partial charge < -0.3 is 10.5 Å². The van der Waals surface area contributed by atoms with Crippen molar-refractivity contribution in [1.82, 2.24) is 0 Å². The fraction of sp³-hybridized carbons (Fsp3) is 1.00. The van der Waals surface area contributed by atoms with Gasteiger partial charge in [0.2, 0.25) is 0 Å². The standard InChI is InChI=1S/C11H21NO/c1-11(2)8(7-12)10(11)9-5-3-4-6-13-9/h8-10H,3-7,12H2,1-2H3. The third-order valence-corrected chi connectivity index (χ3v) is 4.01. The molecule has 1 saturated carbocycles. The normalized spacial score (nSPS) is 43.2. The highest BCUT2D eigenvalue weighted by Crippen LogP contribution is 2.60. The molecule has 0 radical (unpaired) electrons. The van der Waals surface area contributed by atoms with Crippen LogP contribution >= 0.6 is 0 Å². The first-order valence-electron chi connectivity index (χ1n) is 5.49. The minimum Gasteiger partial charge on any atom is -0.378 e. The third kappa shape index (κ3) is 1.50. The number of ether oxygens (including phenoxy) is 1. The van der Waals surface area contributed by atoms with Crippen LogP contribution in [-0.4, -0.2) is 19.3 Å².